The molecule has 0 saturated carbocycles. The van der Waals surface area contributed by atoms with Gasteiger partial charge in [0, 0.05) is 19.6 Å². The summed E-state index contributed by atoms with van der Waals surface area (Å²) >= 11 is 0. The highest BCUT2D eigenvalue weighted by molar-refractivity contribution is 5.75. The van der Waals surface area contributed by atoms with E-state index < -0.39 is 0 Å². The Morgan fingerprint density at radius 3 is 1.41 bits per heavy atom. The fraction of sp³-hybridized carbons (Fsp3) is 0.625. The molecule has 0 aromatic heterocycles. The summed E-state index contributed by atoms with van der Waals surface area (Å²) in [7, 11) is 0. The Morgan fingerprint density at radius 2 is 0.889 bits per heavy atom. The highest BCUT2D eigenvalue weighted by Gasteiger charge is 2.17. The number of hydrogen-bond donors (Lipinski definition) is 6. The lowest BCUT2D eigenvalue weighted by molar-refractivity contribution is 0.445. The van der Waals surface area contributed by atoms with E-state index in [-0.39, 0.29) is 5.41 Å². The van der Waals surface area contributed by atoms with Gasteiger partial charge in [0.2, 0.25) is 0 Å². The Labute approximate surface area is 332 Å². The second-order valence-corrected chi connectivity index (χ2v) is 16.5. The topological polar surface area (TPSA) is 72.2 Å². The quantitative estimate of drug-likeness (QED) is 0.0384. The lowest BCUT2D eigenvalue weighted by Gasteiger charge is -2.22. The Bertz CT molecular complexity index is 1290. The maximum atomic E-state index is 3.68. The third kappa shape index (κ3) is 18.4. The SMILES string of the molecule is CCC(CC)CNCCCNCCCNCc1cccc(-c2cc(-c3cccc(CCNCCNCCCNCC(CC)CC)c3)cc(C(C)(C)C)c2)c1. The van der Waals surface area contributed by atoms with Crippen molar-refractivity contribution in [2.45, 2.75) is 112 Å². The zero-order chi connectivity index (χ0) is 38.9. The summed E-state index contributed by atoms with van der Waals surface area (Å²) in [6, 6.07) is 25.4. The fourth-order valence-corrected chi connectivity index (χ4v) is 6.96. The molecule has 0 aliphatic heterocycles. The van der Waals surface area contributed by atoms with Crippen LogP contribution in [0.5, 0.6) is 0 Å². The second kappa shape index (κ2) is 27.1. The van der Waals surface area contributed by atoms with Crippen LogP contribution in [0.3, 0.4) is 0 Å². The predicted octanol–water partition coefficient (Wildman–Crippen LogP) is 8.94. The van der Waals surface area contributed by atoms with Crippen molar-refractivity contribution >= 4 is 0 Å². The first-order valence-corrected chi connectivity index (χ1v) is 21.9. The van der Waals surface area contributed by atoms with Gasteiger partial charge < -0.3 is 31.9 Å². The van der Waals surface area contributed by atoms with Crippen LogP contribution in [-0.4, -0.2) is 72.0 Å². The largest absolute Gasteiger partial charge is 0.317 e. The molecule has 0 saturated heterocycles. The van der Waals surface area contributed by atoms with Gasteiger partial charge in [-0.1, -0.05) is 129 Å². The minimum Gasteiger partial charge on any atom is -0.317 e. The van der Waals surface area contributed by atoms with Crippen molar-refractivity contribution in [3.63, 3.8) is 0 Å². The molecular weight excluding hydrogens is 661 g/mol. The predicted molar refractivity (Wildman–Crippen MR) is 238 cm³/mol. The third-order valence-electron chi connectivity index (χ3n) is 11.0. The van der Waals surface area contributed by atoms with Crippen LogP contribution >= 0.6 is 0 Å². The van der Waals surface area contributed by atoms with Gasteiger partial charge in [0.05, 0.1) is 0 Å². The van der Waals surface area contributed by atoms with Crippen LogP contribution in [-0.2, 0) is 18.4 Å². The van der Waals surface area contributed by atoms with Gasteiger partial charge in [-0.25, -0.2) is 0 Å². The molecule has 0 unspecified atom stereocenters. The molecule has 0 spiro atoms. The van der Waals surface area contributed by atoms with Gasteiger partial charge in [-0.3, -0.25) is 0 Å². The van der Waals surface area contributed by atoms with Crippen LogP contribution in [0.2, 0.25) is 0 Å². The van der Waals surface area contributed by atoms with Crippen molar-refractivity contribution < 1.29 is 0 Å². The van der Waals surface area contributed by atoms with E-state index in [4.69, 9.17) is 0 Å². The number of rotatable bonds is 30. The van der Waals surface area contributed by atoms with Gasteiger partial charge in [0.25, 0.3) is 0 Å². The van der Waals surface area contributed by atoms with Crippen molar-refractivity contribution in [1.82, 2.24) is 31.9 Å². The molecule has 3 aromatic rings. The highest BCUT2D eigenvalue weighted by Crippen LogP contribution is 2.34. The lowest BCUT2D eigenvalue weighted by Crippen LogP contribution is -2.31. The molecule has 302 valence electrons. The van der Waals surface area contributed by atoms with E-state index in [1.165, 1.54) is 77.5 Å². The molecule has 6 heteroatoms. The average Bonchev–Trinajstić information content (AvgIpc) is 3.18. The molecule has 3 rings (SSSR count). The highest BCUT2D eigenvalue weighted by atomic mass is 14.9. The van der Waals surface area contributed by atoms with E-state index in [0.717, 1.165) is 103 Å². The van der Waals surface area contributed by atoms with E-state index in [0.29, 0.717) is 0 Å². The zero-order valence-electron chi connectivity index (χ0n) is 35.6. The van der Waals surface area contributed by atoms with Gasteiger partial charge in [-0.2, -0.15) is 0 Å². The van der Waals surface area contributed by atoms with E-state index >= 15 is 0 Å². The minimum atomic E-state index is 0.0564. The molecule has 0 bridgehead atoms. The molecule has 6 N–H and O–H groups in total. The van der Waals surface area contributed by atoms with Gasteiger partial charge in [0.15, 0.2) is 0 Å². The standard InChI is InChI=1S/C48H80N6/c1-8-39(9-2)36-52-25-14-22-49-23-15-27-54-38-42-18-13-20-44(32-42)46-33-45(34-47(35-46)48(5,6)7)43-19-12-17-41(31-43)21-28-51-30-29-50-24-16-26-53-37-40(10-3)11-4/h12-13,17-20,31-35,39-40,49-54H,8-11,14-16,21-30,36-38H2,1-7H3. The summed E-state index contributed by atoms with van der Waals surface area (Å²) in [6.07, 6.45) is 9.63. The Balaban J connectivity index is 1.45. The molecule has 0 heterocycles. The molecule has 0 amide bonds. The lowest BCUT2D eigenvalue weighted by atomic mass is 9.83. The normalized spacial score (nSPS) is 12.0. The van der Waals surface area contributed by atoms with Gasteiger partial charge in [0.1, 0.15) is 0 Å². The Kier molecular flexibility index (Phi) is 23.0. The van der Waals surface area contributed by atoms with Crippen LogP contribution in [0.1, 0.15) is 110 Å². The van der Waals surface area contributed by atoms with Crippen LogP contribution < -0.4 is 31.9 Å². The zero-order valence-corrected chi connectivity index (χ0v) is 35.6. The number of benzene rings is 3. The van der Waals surface area contributed by atoms with Gasteiger partial charge >= 0.3 is 0 Å². The maximum Gasteiger partial charge on any atom is 0.0205 e. The van der Waals surface area contributed by atoms with Crippen LogP contribution in [0, 0.1) is 11.8 Å². The molecule has 0 aliphatic carbocycles. The number of nitrogens with one attached hydrogen (secondary N) is 6. The van der Waals surface area contributed by atoms with Crippen molar-refractivity contribution in [3.8, 4) is 22.3 Å². The first kappa shape index (κ1) is 45.8. The molecule has 6 nitrogen and oxygen atoms in total. The van der Waals surface area contributed by atoms with E-state index in [9.17, 15) is 0 Å². The van der Waals surface area contributed by atoms with Crippen molar-refractivity contribution in [3.05, 3.63) is 83.4 Å². The smallest absolute Gasteiger partial charge is 0.0205 e. The summed E-state index contributed by atoms with van der Waals surface area (Å²) in [5.74, 6) is 1.64. The van der Waals surface area contributed by atoms with E-state index in [1.807, 2.05) is 0 Å². The van der Waals surface area contributed by atoms with Crippen LogP contribution in [0.15, 0.2) is 66.7 Å². The molecule has 3 aromatic carbocycles. The molecule has 0 fully saturated rings. The molecule has 0 radical (unpaired) electrons. The first-order valence-electron chi connectivity index (χ1n) is 21.9. The van der Waals surface area contributed by atoms with Crippen LogP contribution in [0.25, 0.3) is 22.3 Å². The van der Waals surface area contributed by atoms with Crippen molar-refractivity contribution in [2.24, 2.45) is 11.8 Å². The monoisotopic (exact) mass is 741 g/mol. The molecule has 54 heavy (non-hydrogen) atoms. The molecule has 0 atom stereocenters. The minimum absolute atomic E-state index is 0.0564. The van der Waals surface area contributed by atoms with Crippen LogP contribution in [0.4, 0.5) is 0 Å². The fourth-order valence-electron chi connectivity index (χ4n) is 6.96. The Hall–Kier alpha value is -2.58. The summed E-state index contributed by atoms with van der Waals surface area (Å²) in [5, 5.41) is 21.8. The second-order valence-electron chi connectivity index (χ2n) is 16.5. The third-order valence-corrected chi connectivity index (χ3v) is 11.0. The van der Waals surface area contributed by atoms with Gasteiger partial charge in [-0.05, 0) is 153 Å². The van der Waals surface area contributed by atoms with Crippen molar-refractivity contribution in [1.29, 1.82) is 0 Å². The molecule has 0 aliphatic rings. The Morgan fingerprint density at radius 1 is 0.444 bits per heavy atom. The first-order chi connectivity index (χ1) is 26.3. The summed E-state index contributed by atoms with van der Waals surface area (Å²) in [4.78, 5) is 0. The molecular formula is C48H80N6. The van der Waals surface area contributed by atoms with E-state index in [2.05, 4.69) is 147 Å². The summed E-state index contributed by atoms with van der Waals surface area (Å²) in [5.41, 5.74) is 9.31. The summed E-state index contributed by atoms with van der Waals surface area (Å²) < 4.78 is 0. The maximum absolute atomic E-state index is 3.68. The van der Waals surface area contributed by atoms with Crippen molar-refractivity contribution in [2.75, 3.05) is 72.0 Å². The van der Waals surface area contributed by atoms with Gasteiger partial charge in [-0.15, -0.1) is 0 Å². The number of hydrogen-bond acceptors (Lipinski definition) is 6. The summed E-state index contributed by atoms with van der Waals surface area (Å²) in [6.45, 7) is 28.8. The van der Waals surface area contributed by atoms with E-state index in [1.54, 1.807) is 0 Å². The average molecular weight is 741 g/mol.